The van der Waals surface area contributed by atoms with Gasteiger partial charge in [-0.05, 0) is 38.0 Å². The molecule has 0 aliphatic rings. The normalized spacial score (nSPS) is 10.9. The lowest BCUT2D eigenvalue weighted by Gasteiger charge is -2.10. The number of anilines is 1. The summed E-state index contributed by atoms with van der Waals surface area (Å²) in [5, 5.41) is 16.2. The third kappa shape index (κ3) is 2.72. The zero-order valence-corrected chi connectivity index (χ0v) is 13.3. The highest BCUT2D eigenvalue weighted by molar-refractivity contribution is 5.52. The number of hydrogen-bond donors (Lipinski definition) is 1. The highest BCUT2D eigenvalue weighted by Gasteiger charge is 2.10. The molecule has 3 aromatic rings. The van der Waals surface area contributed by atoms with Crippen molar-refractivity contribution in [3.05, 3.63) is 53.1 Å². The summed E-state index contributed by atoms with van der Waals surface area (Å²) in [5.74, 6) is 0. The number of hydrogen-bond acceptors (Lipinski definition) is 4. The summed E-state index contributed by atoms with van der Waals surface area (Å²) in [7, 11) is 1.81. The maximum Gasteiger partial charge on any atom is 0.102 e. The molecule has 0 amide bonds. The Kier molecular flexibility index (Phi) is 3.66. The van der Waals surface area contributed by atoms with Crippen molar-refractivity contribution in [1.29, 1.82) is 0 Å². The molecule has 1 N–H and O–H groups in total. The Morgan fingerprint density at radius 2 is 1.91 bits per heavy atom. The third-order valence-electron chi connectivity index (χ3n) is 3.71. The van der Waals surface area contributed by atoms with Crippen LogP contribution in [-0.4, -0.2) is 24.8 Å². The van der Waals surface area contributed by atoms with Crippen LogP contribution in [0.25, 0.3) is 5.69 Å². The van der Waals surface area contributed by atoms with E-state index in [1.165, 1.54) is 11.1 Å². The van der Waals surface area contributed by atoms with Crippen molar-refractivity contribution < 1.29 is 0 Å². The molecule has 0 bridgehead atoms. The molecular weight excluding hydrogens is 276 g/mol. The lowest BCUT2D eigenvalue weighted by molar-refractivity contribution is 0.646. The van der Waals surface area contributed by atoms with Crippen LogP contribution in [0.2, 0.25) is 0 Å². The van der Waals surface area contributed by atoms with Crippen LogP contribution in [0, 0.1) is 20.8 Å². The first kappa shape index (κ1) is 14.3. The molecule has 0 saturated heterocycles. The van der Waals surface area contributed by atoms with Crippen LogP contribution in [0.15, 0.2) is 30.6 Å². The first-order valence-electron chi connectivity index (χ1n) is 7.26. The van der Waals surface area contributed by atoms with E-state index in [2.05, 4.69) is 59.6 Å². The fraction of sp³-hybridized carbons (Fsp3) is 0.312. The molecule has 0 radical (unpaired) electrons. The Balaban J connectivity index is 1.84. The van der Waals surface area contributed by atoms with Gasteiger partial charge in [0.05, 0.1) is 36.0 Å². The SMILES string of the molecule is Cc1ccc(C)c(-n2ncc(NCc3cnn(C)n3)c2C)c1. The van der Waals surface area contributed by atoms with E-state index in [1.54, 1.807) is 11.0 Å². The molecule has 0 aliphatic carbocycles. The van der Waals surface area contributed by atoms with Crippen LogP contribution in [0.5, 0.6) is 0 Å². The van der Waals surface area contributed by atoms with E-state index in [0.29, 0.717) is 6.54 Å². The summed E-state index contributed by atoms with van der Waals surface area (Å²) in [6.07, 6.45) is 3.62. The van der Waals surface area contributed by atoms with Crippen LogP contribution >= 0.6 is 0 Å². The summed E-state index contributed by atoms with van der Waals surface area (Å²) in [4.78, 5) is 1.56. The first-order valence-corrected chi connectivity index (χ1v) is 7.26. The third-order valence-corrected chi connectivity index (χ3v) is 3.71. The minimum atomic E-state index is 0.632. The predicted octanol–water partition coefficient (Wildman–Crippen LogP) is 2.54. The van der Waals surface area contributed by atoms with Gasteiger partial charge in [0.25, 0.3) is 0 Å². The summed E-state index contributed by atoms with van der Waals surface area (Å²) in [6.45, 7) is 6.89. The number of nitrogens with one attached hydrogen (secondary N) is 1. The van der Waals surface area contributed by atoms with E-state index < -0.39 is 0 Å². The molecule has 0 fully saturated rings. The van der Waals surface area contributed by atoms with Crippen molar-refractivity contribution in [2.45, 2.75) is 27.3 Å². The Hall–Kier alpha value is -2.63. The molecule has 6 nitrogen and oxygen atoms in total. The number of aryl methyl sites for hydroxylation is 3. The minimum absolute atomic E-state index is 0.632. The second kappa shape index (κ2) is 5.63. The molecular formula is C16H20N6. The highest BCUT2D eigenvalue weighted by atomic mass is 15.4. The molecule has 0 aliphatic heterocycles. The van der Waals surface area contributed by atoms with Gasteiger partial charge < -0.3 is 5.32 Å². The minimum Gasteiger partial charge on any atom is -0.376 e. The molecule has 6 heteroatoms. The monoisotopic (exact) mass is 296 g/mol. The Morgan fingerprint density at radius 1 is 1.09 bits per heavy atom. The highest BCUT2D eigenvalue weighted by Crippen LogP contribution is 2.22. The first-order chi connectivity index (χ1) is 10.5. The van der Waals surface area contributed by atoms with Gasteiger partial charge in [0.2, 0.25) is 0 Å². The van der Waals surface area contributed by atoms with Gasteiger partial charge in [-0.1, -0.05) is 12.1 Å². The standard InChI is InChI=1S/C16H20N6/c1-11-5-6-12(2)16(7-11)22-13(3)15(10-19-22)17-8-14-9-18-21(4)20-14/h5-7,9-10,17H,8H2,1-4H3. The molecule has 3 rings (SSSR count). The van der Waals surface area contributed by atoms with E-state index in [9.17, 15) is 0 Å². The van der Waals surface area contributed by atoms with Crippen LogP contribution in [0.1, 0.15) is 22.5 Å². The number of nitrogens with zero attached hydrogens (tertiary/aromatic N) is 5. The molecule has 114 valence electrons. The lowest BCUT2D eigenvalue weighted by Crippen LogP contribution is -2.04. The summed E-state index contributed by atoms with van der Waals surface area (Å²) >= 11 is 0. The summed E-state index contributed by atoms with van der Waals surface area (Å²) in [5.41, 5.74) is 6.54. The smallest absolute Gasteiger partial charge is 0.102 e. The number of rotatable bonds is 4. The van der Waals surface area contributed by atoms with Crippen LogP contribution in [-0.2, 0) is 13.6 Å². The van der Waals surface area contributed by atoms with E-state index in [-0.39, 0.29) is 0 Å². The molecule has 2 aromatic heterocycles. The zero-order valence-electron chi connectivity index (χ0n) is 13.3. The van der Waals surface area contributed by atoms with E-state index in [1.807, 2.05) is 17.9 Å². The van der Waals surface area contributed by atoms with Crippen LogP contribution in [0.4, 0.5) is 5.69 Å². The number of benzene rings is 1. The van der Waals surface area contributed by atoms with Crippen LogP contribution < -0.4 is 5.32 Å². The van der Waals surface area contributed by atoms with Gasteiger partial charge >= 0.3 is 0 Å². The van der Waals surface area contributed by atoms with Crippen molar-refractivity contribution in [1.82, 2.24) is 24.8 Å². The van der Waals surface area contributed by atoms with Gasteiger partial charge in [0, 0.05) is 7.05 Å². The van der Waals surface area contributed by atoms with Gasteiger partial charge in [0.15, 0.2) is 0 Å². The summed E-state index contributed by atoms with van der Waals surface area (Å²) < 4.78 is 1.97. The van der Waals surface area contributed by atoms with Gasteiger partial charge in [-0.3, -0.25) is 0 Å². The molecule has 0 atom stereocenters. The van der Waals surface area contributed by atoms with Crippen molar-refractivity contribution in [2.24, 2.45) is 7.05 Å². The molecule has 1 aromatic carbocycles. The quantitative estimate of drug-likeness (QED) is 0.803. The Morgan fingerprint density at radius 3 is 2.64 bits per heavy atom. The fourth-order valence-corrected chi connectivity index (χ4v) is 2.43. The molecule has 0 spiro atoms. The fourth-order valence-electron chi connectivity index (χ4n) is 2.43. The average Bonchev–Trinajstić information content (AvgIpc) is 3.06. The van der Waals surface area contributed by atoms with Gasteiger partial charge in [-0.25, -0.2) is 4.68 Å². The predicted molar refractivity (Wildman–Crippen MR) is 86.1 cm³/mol. The largest absolute Gasteiger partial charge is 0.376 e. The Bertz CT molecular complexity index is 799. The molecule has 2 heterocycles. The maximum absolute atomic E-state index is 4.52. The van der Waals surface area contributed by atoms with Crippen LogP contribution in [0.3, 0.4) is 0 Å². The second-order valence-corrected chi connectivity index (χ2v) is 5.52. The van der Waals surface area contributed by atoms with Gasteiger partial charge in [0.1, 0.15) is 5.69 Å². The summed E-state index contributed by atoms with van der Waals surface area (Å²) in [6, 6.07) is 6.39. The van der Waals surface area contributed by atoms with Crippen molar-refractivity contribution in [3.63, 3.8) is 0 Å². The molecule has 0 saturated carbocycles. The van der Waals surface area contributed by atoms with E-state index in [4.69, 9.17) is 0 Å². The molecule has 0 unspecified atom stereocenters. The average molecular weight is 296 g/mol. The second-order valence-electron chi connectivity index (χ2n) is 5.52. The number of aromatic nitrogens is 5. The topological polar surface area (TPSA) is 60.6 Å². The zero-order chi connectivity index (χ0) is 15.7. The Labute approximate surface area is 129 Å². The van der Waals surface area contributed by atoms with E-state index in [0.717, 1.165) is 22.8 Å². The lowest BCUT2D eigenvalue weighted by atomic mass is 10.1. The van der Waals surface area contributed by atoms with Gasteiger partial charge in [-0.15, -0.1) is 0 Å². The van der Waals surface area contributed by atoms with Gasteiger partial charge in [-0.2, -0.15) is 20.1 Å². The van der Waals surface area contributed by atoms with E-state index >= 15 is 0 Å². The van der Waals surface area contributed by atoms with Crippen molar-refractivity contribution >= 4 is 5.69 Å². The maximum atomic E-state index is 4.52. The van der Waals surface area contributed by atoms with Crippen molar-refractivity contribution in [3.8, 4) is 5.69 Å². The molecule has 22 heavy (non-hydrogen) atoms. The van der Waals surface area contributed by atoms with Crippen molar-refractivity contribution in [2.75, 3.05) is 5.32 Å².